The first-order valence-corrected chi connectivity index (χ1v) is 7.08. The van der Waals surface area contributed by atoms with E-state index < -0.39 is 0 Å². The molecule has 0 amide bonds. The molecule has 0 bridgehead atoms. The highest BCUT2D eigenvalue weighted by Gasteiger charge is 2.22. The number of rotatable bonds is 4. The molecule has 2 unspecified atom stereocenters. The van der Waals surface area contributed by atoms with Gasteiger partial charge < -0.3 is 10.5 Å². The number of aryl methyl sites for hydroxylation is 1. The van der Waals surface area contributed by atoms with Crippen molar-refractivity contribution in [3.63, 3.8) is 0 Å². The molecule has 0 aliphatic carbocycles. The molecule has 1 fully saturated rings. The summed E-state index contributed by atoms with van der Waals surface area (Å²) in [7, 11) is 0. The van der Waals surface area contributed by atoms with Crippen LogP contribution in [-0.4, -0.2) is 30.0 Å². The largest absolute Gasteiger partial charge is 0.398 e. The van der Waals surface area contributed by atoms with Gasteiger partial charge in [0.05, 0.1) is 12.1 Å². The van der Waals surface area contributed by atoms with Crippen LogP contribution in [0.15, 0.2) is 17.3 Å². The highest BCUT2D eigenvalue weighted by molar-refractivity contribution is 5.88. The minimum Gasteiger partial charge on any atom is -0.398 e. The fourth-order valence-corrected chi connectivity index (χ4v) is 2.47. The summed E-state index contributed by atoms with van der Waals surface area (Å²) in [6.45, 7) is 4.97. The van der Waals surface area contributed by atoms with Crippen LogP contribution in [0, 0.1) is 6.92 Å². The van der Waals surface area contributed by atoms with Crippen molar-refractivity contribution in [2.24, 2.45) is 4.99 Å². The van der Waals surface area contributed by atoms with Gasteiger partial charge in [0.1, 0.15) is 0 Å². The second-order valence-electron chi connectivity index (χ2n) is 5.06. The van der Waals surface area contributed by atoms with E-state index in [2.05, 4.69) is 16.9 Å². The second-order valence-corrected chi connectivity index (χ2v) is 5.06. The summed E-state index contributed by atoms with van der Waals surface area (Å²) >= 11 is 0. The summed E-state index contributed by atoms with van der Waals surface area (Å²) in [6, 6.07) is 2.03. The molecule has 2 N–H and O–H groups in total. The van der Waals surface area contributed by atoms with E-state index in [4.69, 9.17) is 10.5 Å². The maximum Gasteiger partial charge on any atom is 0.0798 e. The van der Waals surface area contributed by atoms with Gasteiger partial charge in [-0.15, -0.1) is 0 Å². The molecular weight excluding hydrogens is 238 g/mol. The van der Waals surface area contributed by atoms with Gasteiger partial charge in [0.2, 0.25) is 0 Å². The van der Waals surface area contributed by atoms with Crippen molar-refractivity contribution < 1.29 is 4.74 Å². The summed E-state index contributed by atoms with van der Waals surface area (Å²) in [5.41, 5.74) is 8.54. The van der Waals surface area contributed by atoms with E-state index in [1.165, 1.54) is 12.8 Å². The minimum absolute atomic E-state index is 0.222. The van der Waals surface area contributed by atoms with Crippen molar-refractivity contribution in [2.45, 2.75) is 51.7 Å². The van der Waals surface area contributed by atoms with Crippen LogP contribution in [0.25, 0.3) is 0 Å². The lowest BCUT2D eigenvalue weighted by atomic mass is 10.0. The Kier molecular flexibility index (Phi) is 4.91. The van der Waals surface area contributed by atoms with Gasteiger partial charge in [0, 0.05) is 36.0 Å². The molecule has 1 aliphatic rings. The second kappa shape index (κ2) is 6.66. The number of nitrogen functional groups attached to an aromatic ring is 1. The standard InChI is InChI=1S/C15H23N3O/c1-3-14(15-6-4-5-9-19-15)18-10-12-11(2)17-8-7-13(12)16/h7-8,10,14-15H,3-6,9H2,1-2H3,(H2,16,17). The Morgan fingerprint density at radius 1 is 1.58 bits per heavy atom. The summed E-state index contributed by atoms with van der Waals surface area (Å²) in [5.74, 6) is 0. The van der Waals surface area contributed by atoms with Crippen molar-refractivity contribution in [1.29, 1.82) is 0 Å². The maximum atomic E-state index is 5.97. The fraction of sp³-hybridized carbons (Fsp3) is 0.600. The lowest BCUT2D eigenvalue weighted by Gasteiger charge is -2.27. The first-order chi connectivity index (χ1) is 9.22. The molecule has 104 valence electrons. The fourth-order valence-electron chi connectivity index (χ4n) is 2.47. The van der Waals surface area contributed by atoms with E-state index in [1.54, 1.807) is 6.20 Å². The molecule has 1 aromatic heterocycles. The summed E-state index contributed by atoms with van der Waals surface area (Å²) in [4.78, 5) is 8.94. The molecule has 0 aromatic carbocycles. The summed E-state index contributed by atoms with van der Waals surface area (Å²) in [5, 5.41) is 0. The van der Waals surface area contributed by atoms with Crippen LogP contribution in [0.4, 0.5) is 5.69 Å². The Bertz CT molecular complexity index is 419. The lowest BCUT2D eigenvalue weighted by molar-refractivity contribution is 0.000549. The smallest absolute Gasteiger partial charge is 0.0798 e. The number of aromatic nitrogens is 1. The predicted octanol–water partition coefficient (Wildman–Crippen LogP) is 2.74. The van der Waals surface area contributed by atoms with Crippen LogP contribution in [0.1, 0.15) is 43.9 Å². The number of ether oxygens (including phenoxy) is 1. The molecule has 2 heterocycles. The number of aliphatic imine (C=N–C) groups is 1. The molecule has 19 heavy (non-hydrogen) atoms. The molecule has 2 atom stereocenters. The molecule has 0 saturated carbocycles. The Morgan fingerprint density at radius 3 is 3.05 bits per heavy atom. The van der Waals surface area contributed by atoms with Crippen molar-refractivity contribution >= 4 is 11.9 Å². The van der Waals surface area contributed by atoms with E-state index >= 15 is 0 Å². The van der Waals surface area contributed by atoms with Crippen LogP contribution in [0.5, 0.6) is 0 Å². The molecule has 4 nitrogen and oxygen atoms in total. The number of pyridine rings is 1. The highest BCUT2D eigenvalue weighted by Crippen LogP contribution is 2.20. The average molecular weight is 261 g/mol. The van der Waals surface area contributed by atoms with Crippen molar-refractivity contribution in [2.75, 3.05) is 12.3 Å². The molecule has 0 radical (unpaired) electrons. The molecular formula is C15H23N3O. The molecule has 2 rings (SSSR count). The van der Waals surface area contributed by atoms with Gasteiger partial charge in [-0.05, 0) is 38.7 Å². The third-order valence-corrected chi connectivity index (χ3v) is 3.68. The van der Waals surface area contributed by atoms with Gasteiger partial charge in [-0.25, -0.2) is 0 Å². The van der Waals surface area contributed by atoms with Gasteiger partial charge in [0.25, 0.3) is 0 Å². The van der Waals surface area contributed by atoms with E-state index in [9.17, 15) is 0 Å². The highest BCUT2D eigenvalue weighted by atomic mass is 16.5. The zero-order valence-electron chi connectivity index (χ0n) is 11.8. The van der Waals surface area contributed by atoms with Gasteiger partial charge >= 0.3 is 0 Å². The summed E-state index contributed by atoms with van der Waals surface area (Å²) < 4.78 is 5.82. The molecule has 4 heteroatoms. The van der Waals surface area contributed by atoms with Gasteiger partial charge in [-0.1, -0.05) is 6.92 Å². The van der Waals surface area contributed by atoms with Gasteiger partial charge in [-0.3, -0.25) is 9.98 Å². The quantitative estimate of drug-likeness (QED) is 0.848. The van der Waals surface area contributed by atoms with Crippen molar-refractivity contribution in [3.05, 3.63) is 23.5 Å². The van der Waals surface area contributed by atoms with E-state index in [1.807, 2.05) is 19.2 Å². The SMILES string of the molecule is CCC(N=Cc1c(N)ccnc1C)C1CCCCO1. The van der Waals surface area contributed by atoms with Gasteiger partial charge in [-0.2, -0.15) is 0 Å². The third-order valence-electron chi connectivity index (χ3n) is 3.68. The molecule has 1 aliphatic heterocycles. The Morgan fingerprint density at radius 2 is 2.42 bits per heavy atom. The zero-order chi connectivity index (χ0) is 13.7. The first kappa shape index (κ1) is 14.0. The zero-order valence-corrected chi connectivity index (χ0v) is 11.8. The third kappa shape index (κ3) is 3.53. The number of hydrogen-bond donors (Lipinski definition) is 1. The summed E-state index contributed by atoms with van der Waals surface area (Å²) in [6.07, 6.45) is 8.36. The van der Waals surface area contributed by atoms with Crippen molar-refractivity contribution in [3.8, 4) is 0 Å². The topological polar surface area (TPSA) is 60.5 Å². The average Bonchev–Trinajstić information content (AvgIpc) is 2.43. The van der Waals surface area contributed by atoms with Crippen LogP contribution in [0.3, 0.4) is 0 Å². The van der Waals surface area contributed by atoms with Crippen LogP contribution < -0.4 is 5.73 Å². The number of nitrogens with zero attached hydrogens (tertiary/aromatic N) is 2. The van der Waals surface area contributed by atoms with Crippen molar-refractivity contribution in [1.82, 2.24) is 4.98 Å². The number of anilines is 1. The number of hydrogen-bond acceptors (Lipinski definition) is 4. The Balaban J connectivity index is 2.10. The minimum atomic E-state index is 0.222. The molecule has 1 saturated heterocycles. The lowest BCUT2D eigenvalue weighted by Crippen LogP contribution is -2.30. The van der Waals surface area contributed by atoms with Crippen LogP contribution in [0.2, 0.25) is 0 Å². The van der Waals surface area contributed by atoms with Crippen LogP contribution in [-0.2, 0) is 4.74 Å². The normalized spacial score (nSPS) is 21.7. The van der Waals surface area contributed by atoms with Gasteiger partial charge in [0.15, 0.2) is 0 Å². The molecule has 0 spiro atoms. The van der Waals surface area contributed by atoms with E-state index in [0.717, 1.165) is 36.4 Å². The number of nitrogens with two attached hydrogens (primary N) is 1. The Hall–Kier alpha value is -1.42. The Labute approximate surface area is 115 Å². The first-order valence-electron chi connectivity index (χ1n) is 7.08. The molecule has 1 aromatic rings. The predicted molar refractivity (Wildman–Crippen MR) is 78.7 cm³/mol. The van der Waals surface area contributed by atoms with E-state index in [-0.39, 0.29) is 12.1 Å². The monoisotopic (exact) mass is 261 g/mol. The maximum absolute atomic E-state index is 5.97. The van der Waals surface area contributed by atoms with Crippen LogP contribution >= 0.6 is 0 Å². The van der Waals surface area contributed by atoms with E-state index in [0.29, 0.717) is 0 Å².